The van der Waals surface area contributed by atoms with Gasteiger partial charge in [-0.05, 0) is 180 Å². The topological polar surface area (TPSA) is 35.5 Å². The van der Waals surface area contributed by atoms with Crippen molar-refractivity contribution in [2.24, 2.45) is 56.7 Å². The van der Waals surface area contributed by atoms with Gasteiger partial charge in [-0.1, -0.05) is 46.8 Å². The third kappa shape index (κ3) is 4.58. The molecule has 1 saturated heterocycles. The van der Waals surface area contributed by atoms with E-state index < -0.39 is 0 Å². The Morgan fingerprint density at radius 1 is 0.829 bits per heavy atom. The fourth-order valence-electron chi connectivity index (χ4n) is 13.7. The molecule has 6 rings (SSSR count). The normalized spacial score (nSPS) is 50.0. The number of hydrogen-bond acceptors (Lipinski definition) is 3. The predicted octanol–water partition coefficient (Wildman–Crippen LogP) is 8.47. The number of nitrogens with one attached hydrogen (secondary N) is 1. The smallest absolute Gasteiger partial charge is 0.0594 e. The summed E-state index contributed by atoms with van der Waals surface area (Å²) in [4.78, 5) is 2.48. The van der Waals surface area contributed by atoms with Gasteiger partial charge in [-0.2, -0.15) is 0 Å². The molecule has 0 spiro atoms. The van der Waals surface area contributed by atoms with Crippen molar-refractivity contribution in [3.63, 3.8) is 0 Å². The lowest BCUT2D eigenvalue weighted by atomic mass is 9.32. The summed E-state index contributed by atoms with van der Waals surface area (Å²) in [6.45, 7) is 23.7. The number of rotatable bonds is 6. The van der Waals surface area contributed by atoms with Gasteiger partial charge in [0.05, 0.1) is 6.10 Å². The third-order valence-electron chi connectivity index (χ3n) is 16.2. The number of likely N-dealkylation sites (tertiary alicyclic amines) is 1. The van der Waals surface area contributed by atoms with Crippen LogP contribution in [0.4, 0.5) is 0 Å². The zero-order valence-electron chi connectivity index (χ0n) is 28.2. The number of fused-ring (bicyclic) bond motifs is 7. The van der Waals surface area contributed by atoms with Crippen LogP contribution in [0.5, 0.6) is 0 Å². The Labute approximate surface area is 254 Å². The Morgan fingerprint density at radius 2 is 1.56 bits per heavy atom. The number of nitrogens with zero attached hydrogens (tertiary/aromatic N) is 1. The van der Waals surface area contributed by atoms with Gasteiger partial charge in [0, 0.05) is 6.04 Å². The molecular weight excluding hydrogens is 500 g/mol. The lowest BCUT2D eigenvalue weighted by Gasteiger charge is -2.73. The van der Waals surface area contributed by atoms with Crippen LogP contribution in [0.3, 0.4) is 0 Å². The highest BCUT2D eigenvalue weighted by molar-refractivity contribution is 5.21. The lowest BCUT2D eigenvalue weighted by Crippen LogP contribution is -2.66. The van der Waals surface area contributed by atoms with Crippen LogP contribution in [0.25, 0.3) is 0 Å². The second-order valence-electron chi connectivity index (χ2n) is 18.1. The van der Waals surface area contributed by atoms with Crippen molar-refractivity contribution in [3.05, 3.63) is 12.2 Å². The van der Waals surface area contributed by atoms with Crippen molar-refractivity contribution >= 4 is 0 Å². The van der Waals surface area contributed by atoms with Crippen molar-refractivity contribution in [2.45, 2.75) is 144 Å². The van der Waals surface area contributed by atoms with Gasteiger partial charge >= 0.3 is 0 Å². The van der Waals surface area contributed by atoms with E-state index in [1.54, 1.807) is 0 Å². The molecule has 1 aliphatic heterocycles. The van der Waals surface area contributed by atoms with E-state index in [0.29, 0.717) is 27.6 Å². The predicted molar refractivity (Wildman–Crippen MR) is 173 cm³/mol. The Kier molecular flexibility index (Phi) is 7.93. The Morgan fingerprint density at radius 3 is 2.27 bits per heavy atom. The Balaban J connectivity index is 1.23. The average molecular weight is 567 g/mol. The summed E-state index contributed by atoms with van der Waals surface area (Å²) in [7, 11) is 2.27. The van der Waals surface area contributed by atoms with Crippen LogP contribution in [0.2, 0.25) is 0 Å². The fourth-order valence-corrected chi connectivity index (χ4v) is 13.7. The van der Waals surface area contributed by atoms with Gasteiger partial charge in [0.1, 0.15) is 0 Å². The molecule has 0 bridgehead atoms. The lowest BCUT2D eigenvalue weighted by molar-refractivity contribution is -0.248. The minimum atomic E-state index is -0.129. The van der Waals surface area contributed by atoms with Crippen LogP contribution in [0, 0.1) is 56.7 Å². The molecule has 3 nitrogen and oxygen atoms in total. The quantitative estimate of drug-likeness (QED) is 0.250. The number of aliphatic hydroxyl groups is 1. The van der Waals surface area contributed by atoms with E-state index in [0.717, 1.165) is 36.1 Å². The van der Waals surface area contributed by atoms with E-state index in [1.165, 1.54) is 109 Å². The summed E-state index contributed by atoms with van der Waals surface area (Å²) in [5.74, 6) is 3.89. The first kappa shape index (κ1) is 30.6. The molecule has 0 aromatic rings. The summed E-state index contributed by atoms with van der Waals surface area (Å²) >= 11 is 0. The zero-order valence-corrected chi connectivity index (χ0v) is 28.2. The van der Waals surface area contributed by atoms with E-state index in [-0.39, 0.29) is 11.5 Å². The van der Waals surface area contributed by atoms with Gasteiger partial charge in [0.2, 0.25) is 0 Å². The van der Waals surface area contributed by atoms with Crippen molar-refractivity contribution < 1.29 is 5.11 Å². The van der Waals surface area contributed by atoms with Gasteiger partial charge in [-0.25, -0.2) is 0 Å². The van der Waals surface area contributed by atoms with Gasteiger partial charge in [-0.15, -0.1) is 0 Å². The van der Waals surface area contributed by atoms with Crippen molar-refractivity contribution in [2.75, 3.05) is 26.7 Å². The molecule has 1 heterocycles. The van der Waals surface area contributed by atoms with Crippen LogP contribution in [-0.2, 0) is 0 Å². The highest BCUT2D eigenvalue weighted by atomic mass is 16.3. The molecule has 10 atom stereocenters. The second-order valence-corrected chi connectivity index (χ2v) is 18.1. The SMILES string of the molecule is C=C(C)[C@@H]1CC[C@]2(CCCNC3CCN(C)CC3)CC[C@]3(C)[C@H](CC[C@@H]4[C@@]5(C)CC[C@H](O)C(C)(C)[C@@H]5CC[C@]43C)[C@@H]12. The standard InChI is InChI=1S/C38H66N2O/c1-26(2)28-12-20-38(17-9-23-39-27-15-24-40(8)25-16-27)22-21-36(6)29(33(28)38)10-11-31-35(5)18-14-32(41)34(3,4)30(35)13-19-37(31,36)7/h27-33,39,41H,1,9-25H2,2-8H3/t28-,29+,30-,31+,32-,33+,35-,36+,37+,38+/m0/s1. The fraction of sp³-hybridized carbons (Fsp3) is 0.947. The number of hydrogen-bond donors (Lipinski definition) is 2. The average Bonchev–Trinajstić information content (AvgIpc) is 3.31. The first-order valence-corrected chi connectivity index (χ1v) is 18.0. The second kappa shape index (κ2) is 10.6. The zero-order chi connectivity index (χ0) is 29.4. The Bertz CT molecular complexity index is 983. The Hall–Kier alpha value is -0.380. The number of aliphatic hydroxyl groups excluding tert-OH is 1. The molecule has 0 radical (unpaired) electrons. The molecule has 0 aromatic carbocycles. The van der Waals surface area contributed by atoms with Crippen LogP contribution >= 0.6 is 0 Å². The van der Waals surface area contributed by atoms with Crippen LogP contribution in [-0.4, -0.2) is 48.8 Å². The maximum atomic E-state index is 11.1. The van der Waals surface area contributed by atoms with Crippen LogP contribution in [0.1, 0.15) is 131 Å². The molecule has 6 aliphatic rings. The van der Waals surface area contributed by atoms with Gasteiger partial charge in [0.15, 0.2) is 0 Å². The maximum Gasteiger partial charge on any atom is 0.0594 e. The molecule has 0 amide bonds. The molecular formula is C38H66N2O. The summed E-state index contributed by atoms with van der Waals surface area (Å²) in [5, 5.41) is 15.0. The maximum absolute atomic E-state index is 11.1. The van der Waals surface area contributed by atoms with Crippen molar-refractivity contribution in [3.8, 4) is 0 Å². The number of piperidine rings is 1. The monoisotopic (exact) mass is 567 g/mol. The molecule has 0 aromatic heterocycles. The summed E-state index contributed by atoms with van der Waals surface area (Å²) in [6, 6.07) is 0.735. The molecule has 234 valence electrons. The molecule has 5 aliphatic carbocycles. The minimum absolute atomic E-state index is 0.0475. The molecule has 5 saturated carbocycles. The van der Waals surface area contributed by atoms with Crippen molar-refractivity contribution in [1.29, 1.82) is 0 Å². The molecule has 3 heteroatoms. The van der Waals surface area contributed by atoms with E-state index in [4.69, 9.17) is 0 Å². The van der Waals surface area contributed by atoms with Crippen LogP contribution in [0.15, 0.2) is 12.2 Å². The highest BCUT2D eigenvalue weighted by Crippen LogP contribution is 2.77. The summed E-state index contributed by atoms with van der Waals surface area (Å²) in [5.41, 5.74) is 3.31. The molecule has 41 heavy (non-hydrogen) atoms. The van der Waals surface area contributed by atoms with Crippen molar-refractivity contribution in [1.82, 2.24) is 10.2 Å². The molecule has 2 N–H and O–H groups in total. The van der Waals surface area contributed by atoms with Gasteiger partial charge in [0.25, 0.3) is 0 Å². The summed E-state index contributed by atoms with van der Waals surface area (Å²) in [6.07, 6.45) is 18.8. The molecule has 0 unspecified atom stereocenters. The van der Waals surface area contributed by atoms with Crippen LogP contribution < -0.4 is 5.32 Å². The molecule has 6 fully saturated rings. The minimum Gasteiger partial charge on any atom is -0.393 e. The van der Waals surface area contributed by atoms with Gasteiger partial charge < -0.3 is 15.3 Å². The first-order chi connectivity index (χ1) is 19.3. The van der Waals surface area contributed by atoms with E-state index >= 15 is 0 Å². The summed E-state index contributed by atoms with van der Waals surface area (Å²) < 4.78 is 0. The third-order valence-corrected chi connectivity index (χ3v) is 16.2. The van der Waals surface area contributed by atoms with E-state index in [9.17, 15) is 5.11 Å². The highest BCUT2D eigenvalue weighted by Gasteiger charge is 2.70. The largest absolute Gasteiger partial charge is 0.393 e. The first-order valence-electron chi connectivity index (χ1n) is 18.0. The van der Waals surface area contributed by atoms with Gasteiger partial charge in [-0.3, -0.25) is 0 Å². The van der Waals surface area contributed by atoms with E-state index in [2.05, 4.69) is 65.4 Å². The van der Waals surface area contributed by atoms with E-state index in [1.807, 2.05) is 0 Å². The number of allylic oxidation sites excluding steroid dienone is 1.